The molecule has 7 heteroatoms. The molecule has 3 aliphatic heterocycles. The van der Waals surface area contributed by atoms with Crippen molar-refractivity contribution in [1.29, 1.82) is 0 Å². The number of benzene rings is 1. The summed E-state index contributed by atoms with van der Waals surface area (Å²) in [5.41, 5.74) is 5.81. The van der Waals surface area contributed by atoms with Gasteiger partial charge in [0.1, 0.15) is 0 Å². The lowest BCUT2D eigenvalue weighted by Crippen LogP contribution is -2.55. The van der Waals surface area contributed by atoms with E-state index in [-0.39, 0.29) is 23.5 Å². The van der Waals surface area contributed by atoms with Gasteiger partial charge in [-0.15, -0.1) is 0 Å². The zero-order valence-electron chi connectivity index (χ0n) is 19.4. The second-order valence-corrected chi connectivity index (χ2v) is 9.58. The average Bonchev–Trinajstić information content (AvgIpc) is 3.01. The Morgan fingerprint density at radius 1 is 1.19 bits per heavy atom. The minimum absolute atomic E-state index is 0.0361. The largest absolute Gasteiger partial charge is 0.493 e. The highest BCUT2D eigenvalue weighted by atomic mass is 16.5. The van der Waals surface area contributed by atoms with Crippen molar-refractivity contribution in [1.82, 2.24) is 10.2 Å². The van der Waals surface area contributed by atoms with Crippen LogP contribution >= 0.6 is 0 Å². The highest BCUT2D eigenvalue weighted by molar-refractivity contribution is 6.06. The van der Waals surface area contributed by atoms with E-state index in [9.17, 15) is 9.59 Å². The maximum atomic E-state index is 14.0. The van der Waals surface area contributed by atoms with Crippen LogP contribution in [0.15, 0.2) is 18.2 Å². The Bertz CT molecular complexity index is 840. The quantitative estimate of drug-likeness (QED) is 0.570. The van der Waals surface area contributed by atoms with Gasteiger partial charge in [-0.2, -0.15) is 0 Å². The fourth-order valence-corrected chi connectivity index (χ4v) is 6.45. The average molecular weight is 444 g/mol. The molecule has 1 aromatic carbocycles. The van der Waals surface area contributed by atoms with Crippen molar-refractivity contribution < 1.29 is 19.1 Å². The number of nitrogens with one attached hydrogen (secondary N) is 1. The number of ketones is 1. The van der Waals surface area contributed by atoms with Crippen LogP contribution in [-0.4, -0.2) is 62.0 Å². The Kier molecular flexibility index (Phi) is 7.05. The minimum atomic E-state index is -0.462. The first kappa shape index (κ1) is 23.1. The van der Waals surface area contributed by atoms with Crippen molar-refractivity contribution in [2.45, 2.75) is 62.9 Å². The summed E-state index contributed by atoms with van der Waals surface area (Å²) in [6, 6.07) is 6.02. The predicted octanol–water partition coefficient (Wildman–Crippen LogP) is 2.76. The van der Waals surface area contributed by atoms with Crippen molar-refractivity contribution in [3.63, 3.8) is 0 Å². The third-order valence-electron chi connectivity index (χ3n) is 8.03. The van der Waals surface area contributed by atoms with Gasteiger partial charge in [0.25, 0.3) is 0 Å². The fraction of sp³-hybridized carbons (Fsp3) is 0.680. The molecule has 3 fully saturated rings. The number of para-hydroxylation sites is 1. The number of nitrogens with two attached hydrogens (primary N) is 1. The van der Waals surface area contributed by atoms with Crippen LogP contribution in [0.1, 0.15) is 61.7 Å². The van der Waals surface area contributed by atoms with E-state index < -0.39 is 5.54 Å². The van der Waals surface area contributed by atoms with Gasteiger partial charge in [0.15, 0.2) is 17.3 Å². The molecule has 2 bridgehead atoms. The molecule has 3 heterocycles. The van der Waals surface area contributed by atoms with Crippen LogP contribution < -0.4 is 20.5 Å². The number of methoxy groups -OCH3 is 2. The fourth-order valence-electron chi connectivity index (χ4n) is 6.45. The van der Waals surface area contributed by atoms with Crippen molar-refractivity contribution in [3.05, 3.63) is 23.8 Å². The van der Waals surface area contributed by atoms with Crippen LogP contribution in [0.2, 0.25) is 0 Å². The first-order valence-electron chi connectivity index (χ1n) is 12.0. The van der Waals surface area contributed by atoms with E-state index in [1.807, 2.05) is 18.2 Å². The Labute approximate surface area is 191 Å². The molecular formula is C25H37N3O4. The number of primary amides is 1. The molecule has 3 N–H and O–H groups in total. The van der Waals surface area contributed by atoms with Crippen LogP contribution in [0.25, 0.3) is 0 Å². The molecule has 0 saturated carbocycles. The molecule has 176 valence electrons. The molecule has 4 rings (SSSR count). The lowest BCUT2D eigenvalue weighted by molar-refractivity contribution is -0.124. The Hall–Kier alpha value is -2.12. The van der Waals surface area contributed by atoms with Crippen LogP contribution in [0.4, 0.5) is 0 Å². The number of amides is 1. The zero-order chi connectivity index (χ0) is 22.7. The SMILES string of the molecule is COc1cccc(C(=O)C23CCCC(CC2)N3CCCC2CNCCC2C(N)=O)c1OC. The number of ether oxygens (including phenoxy) is 2. The van der Waals surface area contributed by atoms with E-state index in [1.54, 1.807) is 14.2 Å². The summed E-state index contributed by atoms with van der Waals surface area (Å²) in [5.74, 6) is 1.35. The smallest absolute Gasteiger partial charge is 0.220 e. The van der Waals surface area contributed by atoms with Gasteiger partial charge in [0.2, 0.25) is 5.91 Å². The Morgan fingerprint density at radius 2 is 2.03 bits per heavy atom. The number of fused-ring (bicyclic) bond motifs is 2. The summed E-state index contributed by atoms with van der Waals surface area (Å²) in [6.07, 6.45) is 7.82. The second kappa shape index (κ2) is 9.79. The predicted molar refractivity (Wildman–Crippen MR) is 123 cm³/mol. The standard InChI is InChI=1S/C25H37N3O4/c1-31-21-9-3-8-20(22(21)32-2)23(29)25-12-4-7-18(10-13-25)28(25)15-5-6-17-16-27-14-11-19(17)24(26)30/h3,8-9,17-19,27H,4-7,10-16H2,1-2H3,(H2,26,30). The van der Waals surface area contributed by atoms with Crippen molar-refractivity contribution in [2.24, 2.45) is 17.6 Å². The molecule has 32 heavy (non-hydrogen) atoms. The van der Waals surface area contributed by atoms with E-state index in [1.165, 1.54) is 0 Å². The molecule has 3 aliphatic rings. The number of carbonyl (C=O) groups excluding carboxylic acids is 2. The number of Topliss-reactive ketones (excluding diaryl/α,β-unsaturated/α-hetero) is 1. The first-order valence-corrected chi connectivity index (χ1v) is 12.0. The topological polar surface area (TPSA) is 93.9 Å². The second-order valence-electron chi connectivity index (χ2n) is 9.58. The third kappa shape index (κ3) is 4.13. The molecule has 1 amide bonds. The van der Waals surface area contributed by atoms with Crippen LogP contribution in [0.3, 0.4) is 0 Å². The number of hydrogen-bond donors (Lipinski definition) is 2. The summed E-state index contributed by atoms with van der Waals surface area (Å²) >= 11 is 0. The molecule has 3 saturated heterocycles. The van der Waals surface area contributed by atoms with E-state index in [4.69, 9.17) is 15.2 Å². The lowest BCUT2D eigenvalue weighted by Gasteiger charge is -2.44. The van der Waals surface area contributed by atoms with Gasteiger partial charge < -0.3 is 20.5 Å². The van der Waals surface area contributed by atoms with Crippen molar-refractivity contribution >= 4 is 11.7 Å². The lowest BCUT2D eigenvalue weighted by atomic mass is 9.80. The molecule has 0 aliphatic carbocycles. The van der Waals surface area contributed by atoms with Crippen LogP contribution in [0.5, 0.6) is 11.5 Å². The van der Waals surface area contributed by atoms with Crippen molar-refractivity contribution in [2.75, 3.05) is 33.9 Å². The normalized spacial score (nSPS) is 30.1. The van der Waals surface area contributed by atoms with Gasteiger partial charge in [-0.3, -0.25) is 14.5 Å². The van der Waals surface area contributed by atoms with Crippen LogP contribution in [0, 0.1) is 11.8 Å². The monoisotopic (exact) mass is 443 g/mol. The highest BCUT2D eigenvalue weighted by Gasteiger charge is 2.53. The maximum absolute atomic E-state index is 14.0. The minimum Gasteiger partial charge on any atom is -0.493 e. The molecule has 0 radical (unpaired) electrons. The molecule has 4 unspecified atom stereocenters. The molecule has 0 spiro atoms. The first-order chi connectivity index (χ1) is 15.5. The molecule has 0 aromatic heterocycles. The van der Waals surface area contributed by atoms with Gasteiger partial charge in [-0.05, 0) is 89.1 Å². The van der Waals surface area contributed by atoms with Gasteiger partial charge in [-0.25, -0.2) is 0 Å². The summed E-state index contributed by atoms with van der Waals surface area (Å²) < 4.78 is 11.0. The summed E-state index contributed by atoms with van der Waals surface area (Å²) in [4.78, 5) is 28.3. The molecule has 7 nitrogen and oxygen atoms in total. The van der Waals surface area contributed by atoms with Gasteiger partial charge in [0.05, 0.1) is 25.3 Å². The summed E-state index contributed by atoms with van der Waals surface area (Å²) in [7, 11) is 3.19. The van der Waals surface area contributed by atoms with Gasteiger partial charge >= 0.3 is 0 Å². The molecular weight excluding hydrogens is 406 g/mol. The number of nitrogens with zero attached hydrogens (tertiary/aromatic N) is 1. The Morgan fingerprint density at radius 3 is 2.78 bits per heavy atom. The maximum Gasteiger partial charge on any atom is 0.220 e. The number of carbonyl (C=O) groups is 2. The van der Waals surface area contributed by atoms with Gasteiger partial charge in [-0.1, -0.05) is 6.07 Å². The van der Waals surface area contributed by atoms with Crippen molar-refractivity contribution in [3.8, 4) is 11.5 Å². The number of hydrogen-bond acceptors (Lipinski definition) is 6. The third-order valence-corrected chi connectivity index (χ3v) is 8.03. The van der Waals surface area contributed by atoms with E-state index in [0.717, 1.165) is 71.0 Å². The zero-order valence-corrected chi connectivity index (χ0v) is 19.4. The van der Waals surface area contributed by atoms with E-state index >= 15 is 0 Å². The van der Waals surface area contributed by atoms with Gasteiger partial charge in [0, 0.05) is 12.0 Å². The Balaban J connectivity index is 1.51. The van der Waals surface area contributed by atoms with E-state index in [0.29, 0.717) is 23.1 Å². The number of rotatable bonds is 9. The summed E-state index contributed by atoms with van der Waals surface area (Å²) in [5, 5.41) is 3.41. The summed E-state index contributed by atoms with van der Waals surface area (Å²) in [6.45, 7) is 2.59. The number of piperidine rings is 2. The highest BCUT2D eigenvalue weighted by Crippen LogP contribution is 2.47. The molecule has 1 aromatic rings. The van der Waals surface area contributed by atoms with Crippen LogP contribution in [-0.2, 0) is 4.79 Å². The molecule has 4 atom stereocenters. The van der Waals surface area contributed by atoms with E-state index in [2.05, 4.69) is 10.2 Å².